The maximum atomic E-state index is 11.3. The van der Waals surface area contributed by atoms with Crippen LogP contribution in [0.2, 0.25) is 0 Å². The van der Waals surface area contributed by atoms with Gasteiger partial charge in [0.2, 0.25) is 12.1 Å². The molecule has 0 saturated heterocycles. The first kappa shape index (κ1) is 27.1. The molecule has 0 aliphatic heterocycles. The molecular weight excluding hydrogens is 380 g/mol. The van der Waals surface area contributed by atoms with E-state index in [1.54, 1.807) is 6.08 Å². The summed E-state index contributed by atoms with van der Waals surface area (Å²) in [6, 6.07) is -2.69. The molecule has 0 bridgehead atoms. The standard InChI is InChI=1S/C20H36N2O7/c1-2-3-4-5-6-7-8-9-10-13-17(21(26)27)19(24)16-20(25)18(22(28)29)14-11-12-15-23/h9-10,15,17-20,24-25H,2-8,11-14,16H2,1H3/b10-9-. The minimum Gasteiger partial charge on any atom is -0.386 e. The Balaban J connectivity index is 4.47. The quantitative estimate of drug-likeness (QED) is 0.108. The first-order chi connectivity index (χ1) is 13.8. The molecule has 168 valence electrons. The van der Waals surface area contributed by atoms with Gasteiger partial charge in [-0.2, -0.15) is 0 Å². The number of carbonyl (C=O) groups excluding carboxylic acids is 1. The molecule has 9 nitrogen and oxygen atoms in total. The summed E-state index contributed by atoms with van der Waals surface area (Å²) >= 11 is 0. The lowest BCUT2D eigenvalue weighted by atomic mass is 9.95. The van der Waals surface area contributed by atoms with Crippen molar-refractivity contribution in [2.45, 2.75) is 108 Å². The molecule has 0 saturated carbocycles. The minimum atomic E-state index is -1.51. The van der Waals surface area contributed by atoms with Crippen LogP contribution in [0.1, 0.15) is 84.0 Å². The highest BCUT2D eigenvalue weighted by Crippen LogP contribution is 2.17. The van der Waals surface area contributed by atoms with Crippen molar-refractivity contribution >= 4 is 6.29 Å². The van der Waals surface area contributed by atoms with Crippen molar-refractivity contribution in [2.24, 2.45) is 0 Å². The van der Waals surface area contributed by atoms with Crippen LogP contribution < -0.4 is 0 Å². The van der Waals surface area contributed by atoms with Gasteiger partial charge in [-0.3, -0.25) is 20.2 Å². The number of nitro groups is 2. The van der Waals surface area contributed by atoms with Crippen molar-refractivity contribution in [2.75, 3.05) is 0 Å². The van der Waals surface area contributed by atoms with Crippen LogP contribution in [0.25, 0.3) is 0 Å². The lowest BCUT2D eigenvalue weighted by Crippen LogP contribution is -2.41. The predicted octanol–water partition coefficient (Wildman–Crippen LogP) is 3.46. The molecule has 0 radical (unpaired) electrons. The van der Waals surface area contributed by atoms with E-state index in [1.165, 1.54) is 25.7 Å². The largest absolute Gasteiger partial charge is 0.386 e. The summed E-state index contributed by atoms with van der Waals surface area (Å²) in [5.41, 5.74) is 0. The molecular formula is C20H36N2O7. The highest BCUT2D eigenvalue weighted by atomic mass is 16.6. The molecule has 0 aromatic carbocycles. The van der Waals surface area contributed by atoms with Gasteiger partial charge in [-0.05, 0) is 19.3 Å². The molecule has 9 heteroatoms. The van der Waals surface area contributed by atoms with Crippen LogP contribution in [0, 0.1) is 20.2 Å². The van der Waals surface area contributed by atoms with E-state index >= 15 is 0 Å². The van der Waals surface area contributed by atoms with Crippen LogP contribution in [0.5, 0.6) is 0 Å². The topological polar surface area (TPSA) is 144 Å². The molecule has 0 aromatic rings. The van der Waals surface area contributed by atoms with Crippen molar-refractivity contribution in [1.82, 2.24) is 0 Å². The van der Waals surface area contributed by atoms with E-state index in [9.17, 15) is 35.2 Å². The van der Waals surface area contributed by atoms with Crippen LogP contribution in [0.4, 0.5) is 0 Å². The second-order valence-corrected chi connectivity index (χ2v) is 7.44. The van der Waals surface area contributed by atoms with Crippen molar-refractivity contribution in [1.29, 1.82) is 0 Å². The van der Waals surface area contributed by atoms with E-state index in [-0.39, 0.29) is 25.7 Å². The number of aldehydes is 1. The Morgan fingerprint density at radius 1 is 0.828 bits per heavy atom. The van der Waals surface area contributed by atoms with Gasteiger partial charge in [0.1, 0.15) is 18.5 Å². The number of unbranched alkanes of at least 4 members (excludes halogenated alkanes) is 7. The van der Waals surface area contributed by atoms with Crippen molar-refractivity contribution < 1.29 is 24.9 Å². The monoisotopic (exact) mass is 416 g/mol. The molecule has 0 aliphatic carbocycles. The molecule has 29 heavy (non-hydrogen) atoms. The fourth-order valence-corrected chi connectivity index (χ4v) is 3.19. The first-order valence-corrected chi connectivity index (χ1v) is 10.6. The maximum absolute atomic E-state index is 11.3. The Labute approximate surface area is 172 Å². The number of nitrogens with zero attached hydrogens (tertiary/aromatic N) is 2. The Kier molecular flexibility index (Phi) is 15.9. The van der Waals surface area contributed by atoms with Gasteiger partial charge in [0.15, 0.2) is 0 Å². The van der Waals surface area contributed by atoms with Crippen LogP contribution >= 0.6 is 0 Å². The Morgan fingerprint density at radius 2 is 1.41 bits per heavy atom. The van der Waals surface area contributed by atoms with Crippen molar-refractivity contribution in [3.8, 4) is 0 Å². The van der Waals surface area contributed by atoms with Gasteiger partial charge in [0.05, 0.1) is 0 Å². The maximum Gasteiger partial charge on any atom is 0.242 e. The zero-order valence-corrected chi connectivity index (χ0v) is 17.4. The Hall–Kier alpha value is -1.87. The molecule has 4 unspecified atom stereocenters. The Bertz CT molecular complexity index is 499. The lowest BCUT2D eigenvalue weighted by Gasteiger charge is -2.20. The predicted molar refractivity (Wildman–Crippen MR) is 110 cm³/mol. The zero-order valence-electron chi connectivity index (χ0n) is 17.4. The number of hydrogen-bond acceptors (Lipinski definition) is 7. The molecule has 4 atom stereocenters. The van der Waals surface area contributed by atoms with Gasteiger partial charge >= 0.3 is 0 Å². The fraction of sp³-hybridized carbons (Fsp3) is 0.850. The Morgan fingerprint density at radius 3 is 2.00 bits per heavy atom. The smallest absolute Gasteiger partial charge is 0.242 e. The fourth-order valence-electron chi connectivity index (χ4n) is 3.19. The van der Waals surface area contributed by atoms with E-state index in [4.69, 9.17) is 0 Å². The third-order valence-corrected chi connectivity index (χ3v) is 5.00. The van der Waals surface area contributed by atoms with Gasteiger partial charge < -0.3 is 15.0 Å². The van der Waals surface area contributed by atoms with E-state index in [2.05, 4.69) is 6.92 Å². The van der Waals surface area contributed by atoms with Gasteiger partial charge in [0, 0.05) is 35.5 Å². The average molecular weight is 417 g/mol. The summed E-state index contributed by atoms with van der Waals surface area (Å²) in [4.78, 5) is 31.4. The molecule has 0 aliphatic rings. The van der Waals surface area contributed by atoms with Crippen LogP contribution in [0.15, 0.2) is 12.2 Å². The van der Waals surface area contributed by atoms with E-state index < -0.39 is 40.6 Å². The normalized spacial score (nSPS) is 15.7. The summed E-state index contributed by atoms with van der Waals surface area (Å²) in [5, 5.41) is 42.6. The minimum absolute atomic E-state index is 0.00495. The summed E-state index contributed by atoms with van der Waals surface area (Å²) in [6.07, 6.45) is 8.82. The third-order valence-electron chi connectivity index (χ3n) is 5.00. The van der Waals surface area contributed by atoms with Crippen molar-refractivity contribution in [3.63, 3.8) is 0 Å². The number of rotatable bonds is 19. The molecule has 0 heterocycles. The molecule has 0 fully saturated rings. The van der Waals surface area contributed by atoms with Gasteiger partial charge in [0.25, 0.3) is 0 Å². The van der Waals surface area contributed by atoms with Crippen LogP contribution in [-0.2, 0) is 4.79 Å². The summed E-state index contributed by atoms with van der Waals surface area (Å²) < 4.78 is 0. The van der Waals surface area contributed by atoms with Gasteiger partial charge in [-0.25, -0.2) is 0 Å². The van der Waals surface area contributed by atoms with Gasteiger partial charge in [-0.15, -0.1) is 0 Å². The zero-order chi connectivity index (χ0) is 22.1. The second-order valence-electron chi connectivity index (χ2n) is 7.44. The molecule has 0 rings (SSSR count). The highest BCUT2D eigenvalue weighted by molar-refractivity contribution is 5.48. The van der Waals surface area contributed by atoms with Gasteiger partial charge in [-0.1, -0.05) is 51.2 Å². The number of aliphatic hydroxyl groups excluding tert-OH is 2. The molecule has 0 aromatic heterocycles. The summed E-state index contributed by atoms with van der Waals surface area (Å²) in [6.45, 7) is 2.16. The lowest BCUT2D eigenvalue weighted by molar-refractivity contribution is -0.543. The highest BCUT2D eigenvalue weighted by Gasteiger charge is 2.36. The summed E-state index contributed by atoms with van der Waals surface area (Å²) in [5.74, 6) is 0. The van der Waals surface area contributed by atoms with E-state index in [0.29, 0.717) is 6.29 Å². The number of allylic oxidation sites excluding steroid dienone is 1. The number of aliphatic hydroxyl groups is 2. The van der Waals surface area contributed by atoms with Crippen LogP contribution in [-0.4, -0.2) is 50.6 Å². The number of hydrogen-bond donors (Lipinski definition) is 2. The van der Waals surface area contributed by atoms with E-state index in [1.807, 2.05) is 6.08 Å². The second kappa shape index (κ2) is 17.0. The molecule has 2 N–H and O–H groups in total. The summed E-state index contributed by atoms with van der Waals surface area (Å²) in [7, 11) is 0. The van der Waals surface area contributed by atoms with E-state index in [0.717, 1.165) is 19.3 Å². The first-order valence-electron chi connectivity index (χ1n) is 10.6. The van der Waals surface area contributed by atoms with Crippen LogP contribution in [0.3, 0.4) is 0 Å². The molecule has 0 amide bonds. The number of carbonyl (C=O) groups is 1. The van der Waals surface area contributed by atoms with Crippen molar-refractivity contribution in [3.05, 3.63) is 32.4 Å². The average Bonchev–Trinajstić information content (AvgIpc) is 2.65. The molecule has 0 spiro atoms. The third kappa shape index (κ3) is 13.1. The SMILES string of the molecule is CCCCCCCC/C=C\CC(C(O)CC(O)C(CCCC=O)[N+](=O)[O-])[N+](=O)[O-].